The highest BCUT2D eigenvalue weighted by atomic mass is 16.5. The largest absolute Gasteiger partial charge is 0.493 e. The quantitative estimate of drug-likeness (QED) is 0.662. The van der Waals surface area contributed by atoms with Crippen LogP contribution in [0.1, 0.15) is 10.4 Å². The predicted octanol–water partition coefficient (Wildman–Crippen LogP) is 3.23. The van der Waals surface area contributed by atoms with E-state index in [9.17, 15) is 4.79 Å². The standard InChI is InChI=1S/C20H21N3O4/c1-25-17-9-8-15(12-18(17)26-2)20(24)22-19-13-23(14-21-19)10-11-27-16-6-4-3-5-7-16/h3-9,12-14H,10-11H2,1-2H3,(H,22,24). The van der Waals surface area contributed by atoms with Gasteiger partial charge in [-0.1, -0.05) is 18.2 Å². The molecule has 1 aromatic heterocycles. The molecule has 1 amide bonds. The monoisotopic (exact) mass is 367 g/mol. The summed E-state index contributed by atoms with van der Waals surface area (Å²) in [5, 5.41) is 2.77. The van der Waals surface area contributed by atoms with Gasteiger partial charge in [-0.2, -0.15) is 0 Å². The third kappa shape index (κ3) is 4.78. The van der Waals surface area contributed by atoms with Crippen LogP contribution in [0.2, 0.25) is 0 Å². The first-order valence-corrected chi connectivity index (χ1v) is 8.42. The molecule has 7 heteroatoms. The number of amides is 1. The number of carbonyl (C=O) groups is 1. The first-order chi connectivity index (χ1) is 13.2. The lowest BCUT2D eigenvalue weighted by molar-refractivity contribution is 0.102. The summed E-state index contributed by atoms with van der Waals surface area (Å²) in [6.07, 6.45) is 3.41. The fraction of sp³-hybridized carbons (Fsp3) is 0.200. The van der Waals surface area contributed by atoms with Crippen LogP contribution in [0, 0.1) is 0 Å². The summed E-state index contributed by atoms with van der Waals surface area (Å²) in [6.45, 7) is 1.12. The van der Waals surface area contributed by atoms with Crippen molar-refractivity contribution in [3.05, 3.63) is 66.6 Å². The number of carbonyl (C=O) groups excluding carboxylic acids is 1. The van der Waals surface area contributed by atoms with Crippen molar-refractivity contribution >= 4 is 11.7 Å². The minimum absolute atomic E-state index is 0.276. The molecule has 1 heterocycles. The summed E-state index contributed by atoms with van der Waals surface area (Å²) in [7, 11) is 3.07. The van der Waals surface area contributed by atoms with Gasteiger partial charge in [0.05, 0.1) is 27.1 Å². The Hall–Kier alpha value is -3.48. The summed E-state index contributed by atoms with van der Waals surface area (Å²) in [6, 6.07) is 14.6. The normalized spacial score (nSPS) is 10.3. The number of benzene rings is 2. The van der Waals surface area contributed by atoms with Gasteiger partial charge < -0.3 is 24.1 Å². The molecular weight excluding hydrogens is 346 g/mol. The highest BCUT2D eigenvalue weighted by Crippen LogP contribution is 2.27. The molecule has 1 N–H and O–H groups in total. The van der Waals surface area contributed by atoms with Gasteiger partial charge in [0.2, 0.25) is 0 Å². The van der Waals surface area contributed by atoms with E-state index in [0.717, 1.165) is 5.75 Å². The number of rotatable bonds is 8. The van der Waals surface area contributed by atoms with Crippen molar-refractivity contribution in [2.24, 2.45) is 0 Å². The van der Waals surface area contributed by atoms with E-state index in [0.29, 0.717) is 36.0 Å². The van der Waals surface area contributed by atoms with Gasteiger partial charge in [0.15, 0.2) is 17.3 Å². The van der Waals surface area contributed by atoms with Crippen molar-refractivity contribution in [2.45, 2.75) is 6.54 Å². The lowest BCUT2D eigenvalue weighted by Gasteiger charge is -2.09. The van der Waals surface area contributed by atoms with E-state index in [-0.39, 0.29) is 5.91 Å². The third-order valence-corrected chi connectivity index (χ3v) is 3.88. The van der Waals surface area contributed by atoms with Crippen LogP contribution in [0.15, 0.2) is 61.1 Å². The molecule has 0 fully saturated rings. The van der Waals surface area contributed by atoms with Crippen LogP contribution in [-0.4, -0.2) is 36.3 Å². The van der Waals surface area contributed by atoms with Crippen molar-refractivity contribution in [3.63, 3.8) is 0 Å². The van der Waals surface area contributed by atoms with Gasteiger partial charge in [0.1, 0.15) is 12.4 Å². The van der Waals surface area contributed by atoms with E-state index < -0.39 is 0 Å². The lowest BCUT2D eigenvalue weighted by atomic mass is 10.2. The zero-order valence-corrected chi connectivity index (χ0v) is 15.2. The smallest absolute Gasteiger partial charge is 0.256 e. The number of anilines is 1. The molecule has 140 valence electrons. The average Bonchev–Trinajstić information content (AvgIpc) is 3.15. The van der Waals surface area contributed by atoms with Crippen molar-refractivity contribution in [3.8, 4) is 17.2 Å². The summed E-state index contributed by atoms with van der Waals surface area (Å²) in [4.78, 5) is 16.6. The molecule has 3 aromatic rings. The van der Waals surface area contributed by atoms with E-state index in [1.54, 1.807) is 37.8 Å². The van der Waals surface area contributed by atoms with E-state index in [1.165, 1.54) is 7.11 Å². The Bertz CT molecular complexity index is 893. The maximum absolute atomic E-state index is 12.4. The molecule has 0 atom stereocenters. The minimum atomic E-state index is -0.276. The topological polar surface area (TPSA) is 74.6 Å². The van der Waals surface area contributed by atoms with Gasteiger partial charge in [-0.05, 0) is 30.3 Å². The zero-order valence-electron chi connectivity index (χ0n) is 15.2. The zero-order chi connectivity index (χ0) is 19.1. The summed E-state index contributed by atoms with van der Waals surface area (Å²) in [5.41, 5.74) is 0.453. The van der Waals surface area contributed by atoms with Gasteiger partial charge in [0.25, 0.3) is 5.91 Å². The highest BCUT2D eigenvalue weighted by molar-refractivity contribution is 6.04. The Morgan fingerprint density at radius 1 is 1.07 bits per heavy atom. The second kappa shape index (κ2) is 8.75. The van der Waals surface area contributed by atoms with Crippen LogP contribution in [-0.2, 0) is 6.54 Å². The van der Waals surface area contributed by atoms with Gasteiger partial charge >= 0.3 is 0 Å². The van der Waals surface area contributed by atoms with E-state index in [1.807, 2.05) is 34.9 Å². The van der Waals surface area contributed by atoms with Gasteiger partial charge in [-0.15, -0.1) is 0 Å². The van der Waals surface area contributed by atoms with Crippen molar-refractivity contribution in [1.29, 1.82) is 0 Å². The molecule has 0 aliphatic heterocycles. The van der Waals surface area contributed by atoms with E-state index in [4.69, 9.17) is 14.2 Å². The summed E-state index contributed by atoms with van der Waals surface area (Å²) >= 11 is 0. The van der Waals surface area contributed by atoms with Crippen LogP contribution >= 0.6 is 0 Å². The average molecular weight is 367 g/mol. The molecule has 0 aliphatic rings. The molecule has 0 spiro atoms. The van der Waals surface area contributed by atoms with Crippen molar-refractivity contribution in [1.82, 2.24) is 9.55 Å². The van der Waals surface area contributed by atoms with Gasteiger partial charge in [-0.3, -0.25) is 4.79 Å². The van der Waals surface area contributed by atoms with Crippen molar-refractivity contribution < 1.29 is 19.0 Å². The van der Waals surface area contributed by atoms with Crippen LogP contribution in [0.3, 0.4) is 0 Å². The van der Waals surface area contributed by atoms with Crippen LogP contribution in [0.5, 0.6) is 17.2 Å². The summed E-state index contributed by atoms with van der Waals surface area (Å²) < 4.78 is 17.9. The lowest BCUT2D eigenvalue weighted by Crippen LogP contribution is -2.12. The molecule has 2 aromatic carbocycles. The molecule has 0 radical (unpaired) electrons. The molecule has 0 saturated heterocycles. The number of nitrogens with one attached hydrogen (secondary N) is 1. The van der Waals surface area contributed by atoms with Gasteiger partial charge in [-0.25, -0.2) is 4.98 Å². The van der Waals surface area contributed by atoms with E-state index in [2.05, 4.69) is 10.3 Å². The Morgan fingerprint density at radius 2 is 1.85 bits per heavy atom. The van der Waals surface area contributed by atoms with Crippen LogP contribution in [0.25, 0.3) is 0 Å². The number of methoxy groups -OCH3 is 2. The molecular formula is C20H21N3O4. The number of ether oxygens (including phenoxy) is 3. The molecule has 0 aliphatic carbocycles. The maximum atomic E-state index is 12.4. The predicted molar refractivity (Wildman–Crippen MR) is 102 cm³/mol. The van der Waals surface area contributed by atoms with E-state index >= 15 is 0 Å². The highest BCUT2D eigenvalue weighted by Gasteiger charge is 2.12. The number of para-hydroxylation sites is 1. The SMILES string of the molecule is COc1ccc(C(=O)Nc2cn(CCOc3ccccc3)cn2)cc1OC. The molecule has 0 unspecified atom stereocenters. The first kappa shape index (κ1) is 18.3. The fourth-order valence-corrected chi connectivity index (χ4v) is 2.50. The number of nitrogens with zero attached hydrogens (tertiary/aromatic N) is 2. The Morgan fingerprint density at radius 3 is 2.59 bits per heavy atom. The van der Waals surface area contributed by atoms with Crippen LogP contribution < -0.4 is 19.5 Å². The Kier molecular flexibility index (Phi) is 5.94. The Balaban J connectivity index is 1.56. The second-order valence-electron chi connectivity index (χ2n) is 5.68. The number of hydrogen-bond donors (Lipinski definition) is 1. The van der Waals surface area contributed by atoms with Gasteiger partial charge in [0, 0.05) is 11.8 Å². The molecule has 27 heavy (non-hydrogen) atoms. The first-order valence-electron chi connectivity index (χ1n) is 8.42. The third-order valence-electron chi connectivity index (χ3n) is 3.88. The second-order valence-corrected chi connectivity index (χ2v) is 5.68. The summed E-state index contributed by atoms with van der Waals surface area (Å²) in [5.74, 6) is 2.07. The number of hydrogen-bond acceptors (Lipinski definition) is 5. The molecule has 3 rings (SSSR count). The fourth-order valence-electron chi connectivity index (χ4n) is 2.50. The van der Waals surface area contributed by atoms with Crippen molar-refractivity contribution in [2.75, 3.05) is 26.1 Å². The number of aromatic nitrogens is 2. The van der Waals surface area contributed by atoms with Crippen LogP contribution in [0.4, 0.5) is 5.82 Å². The molecule has 0 saturated carbocycles. The number of imidazole rings is 1. The molecule has 0 bridgehead atoms. The minimum Gasteiger partial charge on any atom is -0.493 e. The maximum Gasteiger partial charge on any atom is 0.256 e. The molecule has 7 nitrogen and oxygen atoms in total. The Labute approximate surface area is 157 Å².